The number of aromatic nitrogens is 2. The molecule has 3 aromatic rings. The van der Waals surface area contributed by atoms with Crippen molar-refractivity contribution in [1.82, 2.24) is 20.0 Å². The van der Waals surface area contributed by atoms with Crippen molar-refractivity contribution in [2.75, 3.05) is 11.9 Å². The molecule has 152 valence electrons. The van der Waals surface area contributed by atoms with Crippen LogP contribution in [0.25, 0.3) is 5.69 Å². The van der Waals surface area contributed by atoms with Crippen LogP contribution in [-0.2, 0) is 11.3 Å². The SMILES string of the molecule is O=C(Nc1cccc(CN2C(=O)CNC2=O)c1)c1cnn(-c2ccc(Cl)cc2Cl)c1. The van der Waals surface area contributed by atoms with Crippen LogP contribution in [-0.4, -0.2) is 39.1 Å². The number of amides is 4. The minimum atomic E-state index is -0.428. The lowest BCUT2D eigenvalue weighted by atomic mass is 10.2. The van der Waals surface area contributed by atoms with Crippen LogP contribution in [0.15, 0.2) is 54.9 Å². The van der Waals surface area contributed by atoms with Crippen LogP contribution in [0.3, 0.4) is 0 Å². The summed E-state index contributed by atoms with van der Waals surface area (Å²) in [7, 11) is 0. The molecular formula is C20H15Cl2N5O3. The van der Waals surface area contributed by atoms with Crippen molar-refractivity contribution in [2.24, 2.45) is 0 Å². The first-order chi connectivity index (χ1) is 14.4. The Morgan fingerprint density at radius 3 is 2.73 bits per heavy atom. The Bertz CT molecular complexity index is 1140. The zero-order valence-electron chi connectivity index (χ0n) is 15.4. The standard InChI is InChI=1S/C20H15Cl2N5O3/c21-14-4-5-17(16(22)7-14)27-11-13(8-24-27)19(29)25-15-3-1-2-12(6-15)10-26-18(28)9-23-20(26)30/h1-8,11H,9-10H2,(H,23,30)(H,25,29). The summed E-state index contributed by atoms with van der Waals surface area (Å²) in [4.78, 5) is 37.2. The van der Waals surface area contributed by atoms with Gasteiger partial charge in [0.1, 0.15) is 0 Å². The molecule has 0 atom stereocenters. The van der Waals surface area contributed by atoms with Gasteiger partial charge in [0, 0.05) is 16.9 Å². The summed E-state index contributed by atoms with van der Waals surface area (Å²) in [5, 5.41) is 10.3. The van der Waals surface area contributed by atoms with Gasteiger partial charge in [0.2, 0.25) is 5.91 Å². The van der Waals surface area contributed by atoms with Gasteiger partial charge in [-0.1, -0.05) is 35.3 Å². The highest BCUT2D eigenvalue weighted by atomic mass is 35.5. The van der Waals surface area contributed by atoms with Crippen LogP contribution in [0.4, 0.5) is 10.5 Å². The van der Waals surface area contributed by atoms with Gasteiger partial charge in [0.05, 0.1) is 35.6 Å². The van der Waals surface area contributed by atoms with Gasteiger partial charge in [-0.05, 0) is 35.9 Å². The molecule has 2 aromatic carbocycles. The monoisotopic (exact) mass is 443 g/mol. The lowest BCUT2D eigenvalue weighted by Gasteiger charge is -2.13. The maximum atomic E-state index is 12.6. The van der Waals surface area contributed by atoms with Crippen molar-refractivity contribution < 1.29 is 14.4 Å². The second-order valence-corrected chi connectivity index (χ2v) is 7.41. The number of imide groups is 1. The van der Waals surface area contributed by atoms with E-state index in [0.717, 1.165) is 4.90 Å². The summed E-state index contributed by atoms with van der Waals surface area (Å²) in [5.74, 6) is -0.652. The molecule has 8 nitrogen and oxygen atoms in total. The molecular weight excluding hydrogens is 429 g/mol. The van der Waals surface area contributed by atoms with E-state index in [0.29, 0.717) is 32.5 Å². The first kappa shape index (κ1) is 19.9. The van der Waals surface area contributed by atoms with Gasteiger partial charge in [0.15, 0.2) is 0 Å². The van der Waals surface area contributed by atoms with E-state index in [2.05, 4.69) is 15.7 Å². The molecule has 2 heterocycles. The van der Waals surface area contributed by atoms with Crippen molar-refractivity contribution in [3.8, 4) is 5.69 Å². The molecule has 1 fully saturated rings. The fourth-order valence-electron chi connectivity index (χ4n) is 2.99. The molecule has 0 bridgehead atoms. The minimum Gasteiger partial charge on any atom is -0.329 e. The third-order valence-electron chi connectivity index (χ3n) is 4.46. The molecule has 4 amide bonds. The van der Waals surface area contributed by atoms with Gasteiger partial charge in [0.25, 0.3) is 5.91 Å². The number of urea groups is 1. The lowest BCUT2D eigenvalue weighted by molar-refractivity contribution is -0.125. The Kier molecular flexibility index (Phi) is 5.43. The third-order valence-corrected chi connectivity index (χ3v) is 5.00. The molecule has 10 heteroatoms. The summed E-state index contributed by atoms with van der Waals surface area (Å²) >= 11 is 12.1. The summed E-state index contributed by atoms with van der Waals surface area (Å²) in [6.45, 7) is 0.123. The van der Waals surface area contributed by atoms with Crippen molar-refractivity contribution in [3.63, 3.8) is 0 Å². The molecule has 1 saturated heterocycles. The average Bonchev–Trinajstić information content (AvgIpc) is 3.31. The molecule has 1 aliphatic heterocycles. The number of benzene rings is 2. The fourth-order valence-corrected chi connectivity index (χ4v) is 3.48. The zero-order chi connectivity index (χ0) is 21.3. The molecule has 30 heavy (non-hydrogen) atoms. The van der Waals surface area contributed by atoms with Gasteiger partial charge >= 0.3 is 6.03 Å². The molecule has 0 spiro atoms. The average molecular weight is 444 g/mol. The van der Waals surface area contributed by atoms with Gasteiger partial charge in [-0.2, -0.15) is 5.10 Å². The maximum Gasteiger partial charge on any atom is 0.324 e. The normalized spacial score (nSPS) is 13.5. The van der Waals surface area contributed by atoms with E-state index >= 15 is 0 Å². The van der Waals surface area contributed by atoms with Gasteiger partial charge in [-0.25, -0.2) is 9.48 Å². The first-order valence-corrected chi connectivity index (χ1v) is 9.65. The number of rotatable bonds is 5. The molecule has 1 aromatic heterocycles. The summed E-state index contributed by atoms with van der Waals surface area (Å²) < 4.78 is 1.49. The van der Waals surface area contributed by atoms with Crippen LogP contribution in [0.2, 0.25) is 10.0 Å². The lowest BCUT2D eigenvalue weighted by Crippen LogP contribution is -2.30. The minimum absolute atomic E-state index is 0.00309. The van der Waals surface area contributed by atoms with E-state index in [1.807, 2.05) is 0 Å². The second-order valence-electron chi connectivity index (χ2n) is 6.56. The van der Waals surface area contributed by atoms with E-state index in [4.69, 9.17) is 23.2 Å². The largest absolute Gasteiger partial charge is 0.329 e. The van der Waals surface area contributed by atoms with Crippen molar-refractivity contribution >= 4 is 46.7 Å². The van der Waals surface area contributed by atoms with Crippen LogP contribution < -0.4 is 10.6 Å². The smallest absolute Gasteiger partial charge is 0.324 e. The van der Waals surface area contributed by atoms with Gasteiger partial charge in [-0.3, -0.25) is 14.5 Å². The van der Waals surface area contributed by atoms with Crippen LogP contribution in [0, 0.1) is 0 Å². The Balaban J connectivity index is 1.47. The topological polar surface area (TPSA) is 96.3 Å². The predicted molar refractivity (Wildman–Crippen MR) is 112 cm³/mol. The molecule has 4 rings (SSSR count). The highest BCUT2D eigenvalue weighted by Crippen LogP contribution is 2.24. The Morgan fingerprint density at radius 1 is 1.17 bits per heavy atom. The summed E-state index contributed by atoms with van der Waals surface area (Å²) in [6.07, 6.45) is 2.99. The van der Waals surface area contributed by atoms with Crippen molar-refractivity contribution in [2.45, 2.75) is 6.54 Å². The van der Waals surface area contributed by atoms with Gasteiger partial charge in [-0.15, -0.1) is 0 Å². The van der Waals surface area contributed by atoms with Crippen LogP contribution in [0.5, 0.6) is 0 Å². The molecule has 0 unspecified atom stereocenters. The molecule has 1 aliphatic rings. The number of hydrogen-bond donors (Lipinski definition) is 2. The van der Waals surface area contributed by atoms with E-state index in [1.165, 1.54) is 10.9 Å². The van der Waals surface area contributed by atoms with E-state index in [-0.39, 0.29) is 24.9 Å². The van der Waals surface area contributed by atoms with E-state index < -0.39 is 6.03 Å². The summed E-state index contributed by atoms with van der Waals surface area (Å²) in [5.41, 5.74) is 2.17. The van der Waals surface area contributed by atoms with Crippen LogP contribution in [0.1, 0.15) is 15.9 Å². The molecule has 0 aliphatic carbocycles. The number of halogens is 2. The fraction of sp³-hybridized carbons (Fsp3) is 0.100. The number of anilines is 1. The molecule has 0 radical (unpaired) electrons. The second kappa shape index (κ2) is 8.17. The molecule has 0 saturated carbocycles. The first-order valence-electron chi connectivity index (χ1n) is 8.89. The predicted octanol–water partition coefficient (Wildman–Crippen LogP) is 3.48. The Morgan fingerprint density at radius 2 is 2.00 bits per heavy atom. The third kappa shape index (κ3) is 4.14. The molecule has 2 N–H and O–H groups in total. The highest BCUT2D eigenvalue weighted by molar-refractivity contribution is 6.35. The van der Waals surface area contributed by atoms with Crippen molar-refractivity contribution in [1.29, 1.82) is 0 Å². The Hall–Kier alpha value is -3.36. The number of nitrogens with zero attached hydrogens (tertiary/aromatic N) is 3. The zero-order valence-corrected chi connectivity index (χ0v) is 16.9. The quantitative estimate of drug-likeness (QED) is 0.589. The maximum absolute atomic E-state index is 12.6. The van der Waals surface area contributed by atoms with E-state index in [9.17, 15) is 14.4 Å². The Labute approximate surface area is 181 Å². The number of carbonyl (C=O) groups is 3. The van der Waals surface area contributed by atoms with E-state index in [1.54, 1.807) is 48.7 Å². The van der Waals surface area contributed by atoms with Crippen molar-refractivity contribution in [3.05, 3.63) is 76.0 Å². The van der Waals surface area contributed by atoms with Crippen LogP contribution >= 0.6 is 23.2 Å². The summed E-state index contributed by atoms with van der Waals surface area (Å²) in [6, 6.07) is 11.5. The number of hydrogen-bond acceptors (Lipinski definition) is 4. The number of carbonyl (C=O) groups excluding carboxylic acids is 3. The number of nitrogens with one attached hydrogen (secondary N) is 2. The highest BCUT2D eigenvalue weighted by Gasteiger charge is 2.28. The van der Waals surface area contributed by atoms with Gasteiger partial charge < -0.3 is 10.6 Å².